The van der Waals surface area contributed by atoms with E-state index < -0.39 is 18.9 Å². The predicted molar refractivity (Wildman–Crippen MR) is 218 cm³/mol. The van der Waals surface area contributed by atoms with Gasteiger partial charge in [0, 0.05) is 11.1 Å². The summed E-state index contributed by atoms with van der Waals surface area (Å²) in [7, 11) is 0.156. The highest BCUT2D eigenvalue weighted by molar-refractivity contribution is 7.84. The summed E-state index contributed by atoms with van der Waals surface area (Å²) in [5.41, 5.74) is 4.91. The molecule has 5 heteroatoms. The summed E-state index contributed by atoms with van der Waals surface area (Å²) in [6, 6.07) is 14.4. The zero-order valence-electron chi connectivity index (χ0n) is 33.7. The van der Waals surface area contributed by atoms with Crippen LogP contribution in [0.2, 0.25) is 0 Å². The number of rotatable bonds is 8. The van der Waals surface area contributed by atoms with Gasteiger partial charge < -0.3 is 4.74 Å². The molecule has 8 saturated carbocycles. The number of hydrogen-bond acceptors (Lipinski definition) is 2. The lowest BCUT2D eigenvalue weighted by Crippen LogP contribution is -2.58. The van der Waals surface area contributed by atoms with Crippen molar-refractivity contribution < 1.29 is 8.95 Å². The third kappa shape index (κ3) is 6.54. The first kappa shape index (κ1) is 36.7. The van der Waals surface area contributed by atoms with E-state index >= 15 is 0 Å². The molecule has 1 unspecified atom stereocenters. The second-order valence-corrected chi connectivity index (χ2v) is 26.8. The summed E-state index contributed by atoms with van der Waals surface area (Å²) in [5, 5.41) is 2.60. The molecule has 2 atom stereocenters. The maximum Gasteiger partial charge on any atom is 0.126 e. The lowest BCUT2D eigenvalue weighted by Gasteiger charge is -2.67. The average Bonchev–Trinajstić information content (AvgIpc) is 3.00. The van der Waals surface area contributed by atoms with Crippen LogP contribution in [0.3, 0.4) is 0 Å². The van der Waals surface area contributed by atoms with Gasteiger partial charge in [0.05, 0.1) is 28.9 Å². The zero-order valence-corrected chi connectivity index (χ0v) is 35.4. The molecule has 8 aliphatic carbocycles. The van der Waals surface area contributed by atoms with Crippen LogP contribution >= 0.6 is 7.92 Å². The number of benzene rings is 2. The Kier molecular flexibility index (Phi) is 9.12. The van der Waals surface area contributed by atoms with Gasteiger partial charge in [-0.3, -0.25) is 0 Å². The normalized spacial score (nSPS) is 36.0. The molecule has 0 amide bonds. The SMILES string of the molecule is COc1c(C(C)(C)C)cc([C@H](NS(=O)C(C)(C)C)c2ccccc2P(C23CC4CC(CC(C4)C2)C3)C23CC4CC(CC(C4)C2)C3)cc1C(C)(C)C. The molecule has 51 heavy (non-hydrogen) atoms. The largest absolute Gasteiger partial charge is 0.496 e. The quantitative estimate of drug-likeness (QED) is 0.275. The van der Waals surface area contributed by atoms with E-state index in [9.17, 15) is 4.21 Å². The fourth-order valence-electron chi connectivity index (χ4n) is 13.4. The minimum atomic E-state index is -1.25. The molecule has 1 N–H and O–H groups in total. The van der Waals surface area contributed by atoms with Crippen molar-refractivity contribution in [2.45, 2.75) is 171 Å². The van der Waals surface area contributed by atoms with Gasteiger partial charge in [0.2, 0.25) is 0 Å². The van der Waals surface area contributed by atoms with Crippen LogP contribution in [0.1, 0.15) is 168 Å². The summed E-state index contributed by atoms with van der Waals surface area (Å²) in [6.07, 6.45) is 17.8. The van der Waals surface area contributed by atoms with Gasteiger partial charge in [-0.05, 0) is 183 Å². The molecule has 8 aliphatic rings. The third-order valence-corrected chi connectivity index (χ3v) is 19.9. The molecular weight excluding hydrogens is 662 g/mol. The summed E-state index contributed by atoms with van der Waals surface area (Å²) < 4.78 is 24.2. The minimum absolute atomic E-state index is 0.111. The van der Waals surface area contributed by atoms with Crippen LogP contribution in [0.5, 0.6) is 5.75 Å². The summed E-state index contributed by atoms with van der Waals surface area (Å²) in [4.78, 5) is 0. The molecule has 8 fully saturated rings. The Balaban J connectivity index is 1.35. The van der Waals surface area contributed by atoms with Crippen molar-refractivity contribution in [3.05, 3.63) is 58.7 Å². The first-order chi connectivity index (χ1) is 23.9. The van der Waals surface area contributed by atoms with Crippen LogP contribution in [0, 0.1) is 35.5 Å². The number of hydrogen-bond donors (Lipinski definition) is 1. The van der Waals surface area contributed by atoms with Crippen molar-refractivity contribution in [2.24, 2.45) is 35.5 Å². The molecule has 0 aromatic heterocycles. The van der Waals surface area contributed by atoms with E-state index in [0.717, 1.165) is 41.3 Å². The van der Waals surface area contributed by atoms with Crippen LogP contribution in [0.25, 0.3) is 0 Å². The molecule has 10 rings (SSSR count). The number of ether oxygens (including phenoxy) is 1. The Morgan fingerprint density at radius 2 is 1.08 bits per heavy atom. The van der Waals surface area contributed by atoms with Crippen LogP contribution in [-0.2, 0) is 21.8 Å². The molecule has 8 bridgehead atoms. The highest BCUT2D eigenvalue weighted by Gasteiger charge is 2.63. The molecule has 0 heterocycles. The van der Waals surface area contributed by atoms with Gasteiger partial charge >= 0.3 is 0 Å². The molecule has 2 aromatic rings. The lowest BCUT2D eigenvalue weighted by molar-refractivity contribution is 0.0195. The Bertz CT molecular complexity index is 1520. The van der Waals surface area contributed by atoms with Crippen molar-refractivity contribution in [1.29, 1.82) is 0 Å². The first-order valence-corrected chi connectivity index (χ1v) is 23.2. The van der Waals surface area contributed by atoms with Gasteiger partial charge in [0.25, 0.3) is 0 Å². The van der Waals surface area contributed by atoms with Gasteiger partial charge in [0.1, 0.15) is 5.75 Å². The Labute approximate surface area is 315 Å². The summed E-state index contributed by atoms with van der Waals surface area (Å²) >= 11 is 0. The maximum atomic E-state index is 14.4. The molecular formula is C46H68NO2PS. The standard InChI is InChI=1S/C46H68NO2PS/c1-42(2,3)37-21-35(22-38(41(37)49-10)43(4,5)6)40(47-51(48)44(7,8)9)36-13-11-12-14-39(36)50(45-23-29-15-30(24-45)17-31(16-29)25-45)46-26-32-18-33(27-46)20-34(19-32)28-46/h11-14,21-22,29-34,40,47H,15-20,23-28H2,1-10H3/t29?,30?,31?,32?,33?,34?,40-,45?,46?,50?,51?/m0/s1. The zero-order chi connectivity index (χ0) is 36.3. The van der Waals surface area contributed by atoms with E-state index in [1.807, 2.05) is 7.11 Å². The van der Waals surface area contributed by atoms with Crippen LogP contribution < -0.4 is 14.8 Å². The second-order valence-electron chi connectivity index (χ2n) is 21.8. The van der Waals surface area contributed by atoms with Crippen molar-refractivity contribution in [3.63, 3.8) is 0 Å². The van der Waals surface area contributed by atoms with Crippen molar-refractivity contribution >= 4 is 24.2 Å². The molecule has 0 saturated heterocycles. The van der Waals surface area contributed by atoms with Crippen LogP contribution in [0.4, 0.5) is 0 Å². The molecule has 0 spiro atoms. The highest BCUT2D eigenvalue weighted by Crippen LogP contribution is 2.78. The van der Waals surface area contributed by atoms with E-state index in [1.54, 1.807) is 5.30 Å². The first-order valence-electron chi connectivity index (χ1n) is 20.7. The Morgan fingerprint density at radius 1 is 0.686 bits per heavy atom. The Morgan fingerprint density at radius 3 is 1.43 bits per heavy atom. The van der Waals surface area contributed by atoms with E-state index in [2.05, 4.69) is 103 Å². The fourth-order valence-corrected chi connectivity index (χ4v) is 19.6. The smallest absolute Gasteiger partial charge is 0.126 e. The van der Waals surface area contributed by atoms with E-state index in [0.29, 0.717) is 10.3 Å². The van der Waals surface area contributed by atoms with Crippen molar-refractivity contribution in [1.82, 2.24) is 4.72 Å². The summed E-state index contributed by atoms with van der Waals surface area (Å²) in [5.74, 6) is 6.65. The third-order valence-electron chi connectivity index (χ3n) is 14.5. The molecule has 0 aliphatic heterocycles. The molecule has 2 aromatic carbocycles. The average molecular weight is 730 g/mol. The van der Waals surface area contributed by atoms with Crippen LogP contribution in [0.15, 0.2) is 36.4 Å². The fraction of sp³-hybridized carbons (Fsp3) is 0.739. The molecule has 280 valence electrons. The summed E-state index contributed by atoms with van der Waals surface area (Å²) in [6.45, 7) is 20.2. The molecule has 3 nitrogen and oxygen atoms in total. The predicted octanol–water partition coefficient (Wildman–Crippen LogP) is 11.5. The monoisotopic (exact) mass is 729 g/mol. The lowest BCUT2D eigenvalue weighted by atomic mass is 9.55. The topological polar surface area (TPSA) is 38.3 Å². The molecule has 0 radical (unpaired) electrons. The van der Waals surface area contributed by atoms with E-state index in [1.165, 1.54) is 99.3 Å². The van der Waals surface area contributed by atoms with Crippen molar-refractivity contribution in [3.8, 4) is 5.75 Å². The minimum Gasteiger partial charge on any atom is -0.496 e. The maximum absolute atomic E-state index is 14.4. The van der Waals surface area contributed by atoms with Crippen LogP contribution in [-0.4, -0.2) is 26.4 Å². The van der Waals surface area contributed by atoms with Gasteiger partial charge in [-0.15, -0.1) is 0 Å². The van der Waals surface area contributed by atoms with E-state index in [4.69, 9.17) is 4.74 Å². The Hall–Kier alpha value is -1.22. The number of nitrogens with one attached hydrogen (secondary N) is 1. The second kappa shape index (κ2) is 12.7. The van der Waals surface area contributed by atoms with Gasteiger partial charge in [-0.1, -0.05) is 73.7 Å². The van der Waals surface area contributed by atoms with Gasteiger partial charge in [0.15, 0.2) is 0 Å². The highest BCUT2D eigenvalue weighted by atomic mass is 32.2. The van der Waals surface area contributed by atoms with Crippen molar-refractivity contribution in [2.75, 3.05) is 7.11 Å². The van der Waals surface area contributed by atoms with E-state index in [-0.39, 0.29) is 21.6 Å². The van der Waals surface area contributed by atoms with Gasteiger partial charge in [-0.2, -0.15) is 0 Å². The number of methoxy groups -OCH3 is 1. The van der Waals surface area contributed by atoms with Gasteiger partial charge in [-0.25, -0.2) is 8.93 Å².